The summed E-state index contributed by atoms with van der Waals surface area (Å²) < 4.78 is 47.8. The van der Waals surface area contributed by atoms with Crippen molar-refractivity contribution in [2.24, 2.45) is 0 Å². The third kappa shape index (κ3) is 3.36. The molecular weight excluding hydrogens is 393 g/mol. The Bertz CT molecular complexity index is 1130. The van der Waals surface area contributed by atoms with Gasteiger partial charge in [-0.2, -0.15) is 12.7 Å². The van der Waals surface area contributed by atoms with Gasteiger partial charge >= 0.3 is 10.2 Å². The summed E-state index contributed by atoms with van der Waals surface area (Å²) >= 11 is 6.08. The van der Waals surface area contributed by atoms with Crippen LogP contribution in [0.15, 0.2) is 36.4 Å². The van der Waals surface area contributed by atoms with Gasteiger partial charge in [-0.25, -0.2) is 4.39 Å². The minimum Gasteiger partial charge on any atom is -0.494 e. The average molecular weight is 410 g/mol. The molecule has 0 atom stereocenters. The second-order valence-electron chi connectivity index (χ2n) is 6.31. The van der Waals surface area contributed by atoms with Crippen molar-refractivity contribution in [3.05, 3.63) is 58.5 Å². The van der Waals surface area contributed by atoms with Gasteiger partial charge in [-0.05, 0) is 42.3 Å². The largest absolute Gasteiger partial charge is 0.494 e. The maximum atomic E-state index is 13.5. The lowest BCUT2D eigenvalue weighted by molar-refractivity contribution is 0.386. The highest BCUT2D eigenvalue weighted by atomic mass is 35.5. The van der Waals surface area contributed by atoms with E-state index in [1.54, 1.807) is 6.07 Å². The van der Waals surface area contributed by atoms with E-state index in [2.05, 4.69) is 9.71 Å². The molecule has 1 aliphatic heterocycles. The first kappa shape index (κ1) is 18.1. The molecule has 2 N–H and O–H groups in total. The Morgan fingerprint density at radius 3 is 2.85 bits per heavy atom. The van der Waals surface area contributed by atoms with E-state index in [1.165, 1.54) is 23.5 Å². The van der Waals surface area contributed by atoms with Gasteiger partial charge in [0.1, 0.15) is 0 Å². The number of rotatable bonds is 4. The molecule has 9 heteroatoms. The standard InChI is InChI=1S/C18H17ClFN3O3S/c1-26-18-9-12(3-4-15(18)20)22-27(24,25)23-7-6-13-14-8-11(19)2-5-16(14)21-17(13)10-23/h2-5,8-9,21-22H,6-7,10H2,1H3. The zero-order valence-corrected chi connectivity index (χ0v) is 16.0. The van der Waals surface area contributed by atoms with Crippen molar-refractivity contribution in [3.8, 4) is 5.75 Å². The van der Waals surface area contributed by atoms with Crippen LogP contribution < -0.4 is 9.46 Å². The number of ether oxygens (including phenoxy) is 1. The van der Waals surface area contributed by atoms with Gasteiger partial charge in [0.15, 0.2) is 11.6 Å². The molecule has 1 aromatic heterocycles. The molecule has 0 aliphatic carbocycles. The maximum Gasteiger partial charge on any atom is 0.302 e. The lowest BCUT2D eigenvalue weighted by atomic mass is 10.0. The molecule has 0 saturated heterocycles. The summed E-state index contributed by atoms with van der Waals surface area (Å²) in [6.45, 7) is 0.551. The molecule has 0 spiro atoms. The van der Waals surface area contributed by atoms with Crippen LogP contribution >= 0.6 is 11.6 Å². The highest BCUT2D eigenvalue weighted by molar-refractivity contribution is 7.90. The fourth-order valence-electron chi connectivity index (χ4n) is 3.33. The minimum absolute atomic E-state index is 0.0244. The Morgan fingerprint density at radius 1 is 1.26 bits per heavy atom. The number of hydrogen-bond acceptors (Lipinski definition) is 3. The number of halogens is 2. The quantitative estimate of drug-likeness (QED) is 0.690. The Kier molecular flexibility index (Phi) is 4.49. The number of nitrogens with zero attached hydrogens (tertiary/aromatic N) is 1. The topological polar surface area (TPSA) is 74.4 Å². The Hall–Kier alpha value is -2.29. The number of fused-ring (bicyclic) bond motifs is 3. The molecule has 6 nitrogen and oxygen atoms in total. The van der Waals surface area contributed by atoms with Crippen LogP contribution in [0.2, 0.25) is 5.02 Å². The highest BCUT2D eigenvalue weighted by Gasteiger charge is 2.29. The van der Waals surface area contributed by atoms with E-state index >= 15 is 0 Å². The molecule has 0 saturated carbocycles. The molecule has 0 radical (unpaired) electrons. The molecule has 1 aliphatic rings. The minimum atomic E-state index is -3.80. The molecule has 2 aromatic carbocycles. The van der Waals surface area contributed by atoms with Gasteiger partial charge in [0, 0.05) is 34.2 Å². The number of nitrogens with one attached hydrogen (secondary N) is 2. The van der Waals surface area contributed by atoms with Crippen LogP contribution in [-0.4, -0.2) is 31.4 Å². The predicted octanol–water partition coefficient (Wildman–Crippen LogP) is 3.68. The third-order valence-electron chi connectivity index (χ3n) is 4.64. The smallest absolute Gasteiger partial charge is 0.302 e. The Labute approximate surface area is 161 Å². The van der Waals surface area contributed by atoms with Crippen LogP contribution in [0.3, 0.4) is 0 Å². The molecule has 0 unspecified atom stereocenters. The number of hydrogen-bond donors (Lipinski definition) is 2. The van der Waals surface area contributed by atoms with Crippen molar-refractivity contribution in [3.63, 3.8) is 0 Å². The van der Waals surface area contributed by atoms with Gasteiger partial charge in [-0.1, -0.05) is 11.6 Å². The lowest BCUT2D eigenvalue weighted by Gasteiger charge is -2.26. The molecule has 3 aromatic rings. The molecule has 4 rings (SSSR count). The summed E-state index contributed by atoms with van der Waals surface area (Å²) in [6, 6.07) is 9.40. The van der Waals surface area contributed by atoms with Crippen molar-refractivity contribution < 1.29 is 17.5 Å². The summed E-state index contributed by atoms with van der Waals surface area (Å²) in [6.07, 6.45) is 0.573. The molecule has 27 heavy (non-hydrogen) atoms. The van der Waals surface area contributed by atoms with Gasteiger partial charge in [-0.15, -0.1) is 0 Å². The van der Waals surface area contributed by atoms with Crippen LogP contribution in [0.25, 0.3) is 10.9 Å². The Morgan fingerprint density at radius 2 is 2.07 bits per heavy atom. The number of aromatic nitrogens is 1. The zero-order chi connectivity index (χ0) is 19.2. The van der Waals surface area contributed by atoms with Crippen LogP contribution in [-0.2, 0) is 23.2 Å². The summed E-state index contributed by atoms with van der Waals surface area (Å²) in [5.41, 5.74) is 3.10. The fraction of sp³-hybridized carbons (Fsp3) is 0.222. The molecule has 2 heterocycles. The molecule has 0 bridgehead atoms. The van der Waals surface area contributed by atoms with Crippen molar-refractivity contribution in [1.82, 2.24) is 9.29 Å². The van der Waals surface area contributed by atoms with E-state index in [4.69, 9.17) is 16.3 Å². The van der Waals surface area contributed by atoms with E-state index < -0.39 is 16.0 Å². The number of benzene rings is 2. The number of methoxy groups -OCH3 is 1. The van der Waals surface area contributed by atoms with E-state index in [0.717, 1.165) is 28.2 Å². The first-order valence-electron chi connectivity index (χ1n) is 8.28. The van der Waals surface area contributed by atoms with E-state index in [9.17, 15) is 12.8 Å². The zero-order valence-electron chi connectivity index (χ0n) is 14.4. The third-order valence-corrected chi connectivity index (χ3v) is 6.36. The van der Waals surface area contributed by atoms with Crippen molar-refractivity contribution in [1.29, 1.82) is 0 Å². The average Bonchev–Trinajstić information content (AvgIpc) is 3.00. The van der Waals surface area contributed by atoms with Crippen LogP contribution in [0.1, 0.15) is 11.3 Å². The summed E-state index contributed by atoms with van der Waals surface area (Å²) in [7, 11) is -2.48. The highest BCUT2D eigenvalue weighted by Crippen LogP contribution is 2.31. The van der Waals surface area contributed by atoms with E-state index in [1.807, 2.05) is 12.1 Å². The molecule has 0 fully saturated rings. The second-order valence-corrected chi connectivity index (χ2v) is 8.42. The van der Waals surface area contributed by atoms with Crippen molar-refractivity contribution in [2.45, 2.75) is 13.0 Å². The second kappa shape index (κ2) is 6.70. The summed E-state index contributed by atoms with van der Waals surface area (Å²) in [5.74, 6) is -0.580. The van der Waals surface area contributed by atoms with Crippen LogP contribution in [0, 0.1) is 5.82 Å². The van der Waals surface area contributed by atoms with Crippen LogP contribution in [0.5, 0.6) is 5.75 Å². The predicted molar refractivity (Wildman–Crippen MR) is 103 cm³/mol. The Balaban J connectivity index is 1.60. The van der Waals surface area contributed by atoms with Gasteiger partial charge in [0.05, 0.1) is 19.3 Å². The first-order valence-corrected chi connectivity index (χ1v) is 10.1. The molecule has 142 valence electrons. The lowest BCUT2D eigenvalue weighted by Crippen LogP contribution is -2.39. The van der Waals surface area contributed by atoms with Gasteiger partial charge in [0.25, 0.3) is 0 Å². The number of aromatic amines is 1. The van der Waals surface area contributed by atoms with Gasteiger partial charge in [0.2, 0.25) is 0 Å². The molecular formula is C18H17ClFN3O3S. The number of anilines is 1. The van der Waals surface area contributed by atoms with E-state index in [0.29, 0.717) is 18.0 Å². The molecule has 0 amide bonds. The normalized spacial score (nSPS) is 14.9. The van der Waals surface area contributed by atoms with Crippen molar-refractivity contribution in [2.75, 3.05) is 18.4 Å². The van der Waals surface area contributed by atoms with Gasteiger partial charge < -0.3 is 9.72 Å². The summed E-state index contributed by atoms with van der Waals surface area (Å²) in [5, 5.41) is 1.66. The first-order chi connectivity index (χ1) is 12.9. The van der Waals surface area contributed by atoms with Gasteiger partial charge in [-0.3, -0.25) is 4.72 Å². The monoisotopic (exact) mass is 409 g/mol. The van der Waals surface area contributed by atoms with Crippen molar-refractivity contribution >= 4 is 38.4 Å². The SMILES string of the molecule is COc1cc(NS(=O)(=O)N2CCc3c([nH]c4ccc(Cl)cc34)C2)ccc1F. The summed E-state index contributed by atoms with van der Waals surface area (Å²) in [4.78, 5) is 3.27. The number of H-pyrrole nitrogens is 1. The maximum absolute atomic E-state index is 13.5. The van der Waals surface area contributed by atoms with Crippen LogP contribution in [0.4, 0.5) is 10.1 Å². The fourth-order valence-corrected chi connectivity index (χ4v) is 4.69. The van der Waals surface area contributed by atoms with E-state index in [-0.39, 0.29) is 18.0 Å².